The topological polar surface area (TPSA) is 35.6 Å². The van der Waals surface area contributed by atoms with Gasteiger partial charge in [0.05, 0.1) is 5.70 Å². The molecule has 2 aliphatic rings. The van der Waals surface area contributed by atoms with E-state index >= 15 is 0 Å². The molecule has 0 saturated carbocycles. The van der Waals surface area contributed by atoms with Gasteiger partial charge in [0.15, 0.2) is 0 Å². The summed E-state index contributed by atoms with van der Waals surface area (Å²) in [4.78, 5) is 15.6. The molecule has 0 radical (unpaired) electrons. The Bertz CT molecular complexity index is 656. The summed E-state index contributed by atoms with van der Waals surface area (Å²) in [6.07, 6.45) is 9.42. The molecule has 3 rings (SSSR count). The first kappa shape index (κ1) is 14.1. The van der Waals surface area contributed by atoms with Crippen molar-refractivity contribution in [1.29, 1.82) is 0 Å². The summed E-state index contributed by atoms with van der Waals surface area (Å²) in [5, 5.41) is 1.93. The fourth-order valence-corrected chi connectivity index (χ4v) is 3.67. The van der Waals surface area contributed by atoms with Crippen molar-refractivity contribution in [1.82, 2.24) is 15.3 Å². The number of carbonyl (C=O) groups excluding carboxylic acids is 1. The van der Waals surface area contributed by atoms with E-state index in [-0.39, 0.29) is 6.04 Å². The Morgan fingerprint density at radius 3 is 2.90 bits per heavy atom. The first-order valence-electron chi connectivity index (χ1n) is 6.95. The predicted molar refractivity (Wildman–Crippen MR) is 87.5 cm³/mol. The largest absolute Gasteiger partial charge is 0.376 e. The van der Waals surface area contributed by atoms with E-state index in [0.717, 1.165) is 18.5 Å². The summed E-state index contributed by atoms with van der Waals surface area (Å²) in [7, 11) is 4.02. The molecule has 1 aromatic heterocycles. The van der Waals surface area contributed by atoms with Crippen molar-refractivity contribution >= 4 is 28.9 Å². The first-order chi connectivity index (χ1) is 10.1. The lowest BCUT2D eigenvalue weighted by molar-refractivity contribution is -0.109. The molecule has 0 fully saturated rings. The van der Waals surface area contributed by atoms with Crippen molar-refractivity contribution in [3.63, 3.8) is 0 Å². The number of nitrogens with zero attached hydrogens (tertiary/aromatic N) is 2. The number of rotatable bonds is 3. The van der Waals surface area contributed by atoms with Crippen molar-refractivity contribution < 1.29 is 4.79 Å². The molecule has 0 spiro atoms. The molecule has 0 saturated heterocycles. The highest BCUT2D eigenvalue weighted by Gasteiger charge is 2.23. The third-order valence-corrected chi connectivity index (χ3v) is 4.82. The Balaban J connectivity index is 1.96. The number of allylic oxidation sites excluding steroid dienone is 2. The minimum absolute atomic E-state index is 0.229. The van der Waals surface area contributed by atoms with E-state index in [9.17, 15) is 4.79 Å². The number of aldehydes is 1. The summed E-state index contributed by atoms with van der Waals surface area (Å²) >= 11 is 1.79. The van der Waals surface area contributed by atoms with Gasteiger partial charge < -0.3 is 14.7 Å². The van der Waals surface area contributed by atoms with Gasteiger partial charge >= 0.3 is 0 Å². The average molecular weight is 301 g/mol. The molecule has 1 aromatic rings. The molecule has 21 heavy (non-hydrogen) atoms. The smallest absolute Gasteiger partial charge is 0.142 e. The highest BCUT2D eigenvalue weighted by molar-refractivity contribution is 7.13. The zero-order valence-electron chi connectivity index (χ0n) is 12.5. The Hall–Kier alpha value is -1.85. The quantitative estimate of drug-likeness (QED) is 0.869. The van der Waals surface area contributed by atoms with E-state index in [1.165, 1.54) is 20.9 Å². The van der Waals surface area contributed by atoms with Crippen LogP contribution in [0.5, 0.6) is 0 Å². The van der Waals surface area contributed by atoms with Crippen molar-refractivity contribution in [2.24, 2.45) is 0 Å². The predicted octanol–water partition coefficient (Wildman–Crippen LogP) is 2.26. The van der Waals surface area contributed by atoms with Crippen molar-refractivity contribution in [2.75, 3.05) is 20.6 Å². The molecule has 2 aliphatic heterocycles. The van der Waals surface area contributed by atoms with Gasteiger partial charge in [-0.2, -0.15) is 0 Å². The van der Waals surface area contributed by atoms with Crippen LogP contribution in [0.15, 0.2) is 30.5 Å². The minimum Gasteiger partial charge on any atom is -0.376 e. The molecule has 0 aliphatic carbocycles. The number of nitrogens with one attached hydrogen (secondary N) is 1. The maximum atomic E-state index is 10.9. The average Bonchev–Trinajstić information content (AvgIpc) is 3.01. The van der Waals surface area contributed by atoms with E-state index in [0.29, 0.717) is 0 Å². The molecule has 0 amide bonds. The van der Waals surface area contributed by atoms with Gasteiger partial charge in [-0.3, -0.25) is 0 Å². The van der Waals surface area contributed by atoms with Gasteiger partial charge in [0, 0.05) is 47.7 Å². The fourth-order valence-electron chi connectivity index (χ4n) is 2.66. The molecule has 0 bridgehead atoms. The van der Waals surface area contributed by atoms with E-state index < -0.39 is 0 Å². The van der Waals surface area contributed by atoms with E-state index in [1.54, 1.807) is 11.3 Å². The molecule has 0 aromatic carbocycles. The van der Waals surface area contributed by atoms with Crippen LogP contribution in [0.2, 0.25) is 0 Å². The van der Waals surface area contributed by atoms with Gasteiger partial charge in [0.2, 0.25) is 0 Å². The van der Waals surface area contributed by atoms with Crippen LogP contribution in [0.3, 0.4) is 0 Å². The molecule has 5 heteroatoms. The Kier molecular flexibility index (Phi) is 3.69. The summed E-state index contributed by atoms with van der Waals surface area (Å²) < 4.78 is 0. The molecule has 3 heterocycles. The first-order valence-corrected chi connectivity index (χ1v) is 7.77. The number of hydrogen-bond acceptors (Lipinski definition) is 5. The molecular weight excluding hydrogens is 282 g/mol. The van der Waals surface area contributed by atoms with Gasteiger partial charge in [-0.1, -0.05) is 12.2 Å². The normalized spacial score (nSPS) is 21.6. The van der Waals surface area contributed by atoms with E-state index in [2.05, 4.69) is 48.7 Å². The highest BCUT2D eigenvalue weighted by Crippen LogP contribution is 2.35. The van der Waals surface area contributed by atoms with Crippen LogP contribution in [0.25, 0.3) is 11.3 Å². The summed E-state index contributed by atoms with van der Waals surface area (Å²) in [6.45, 7) is 3.09. The molecular formula is C16H19N3OS. The van der Waals surface area contributed by atoms with Crippen LogP contribution < -0.4 is 5.43 Å². The van der Waals surface area contributed by atoms with Crippen LogP contribution in [-0.4, -0.2) is 42.9 Å². The molecule has 1 N–H and O–H groups in total. The standard InChI is InChI=1S/C16H19N3OS/c1-11-14(15-7-13(10-20)17-19(15)3)8-16(21-11)12-5-4-6-18(2)9-12/h4-5,7-10,13,17H,6H2,1-3H3. The maximum absolute atomic E-state index is 10.9. The van der Waals surface area contributed by atoms with E-state index in [4.69, 9.17) is 0 Å². The number of hydrazine groups is 1. The zero-order valence-corrected chi connectivity index (χ0v) is 13.3. The van der Waals surface area contributed by atoms with Crippen LogP contribution in [0.4, 0.5) is 0 Å². The van der Waals surface area contributed by atoms with Gasteiger partial charge in [-0.25, -0.2) is 5.43 Å². The number of hydrogen-bond donors (Lipinski definition) is 1. The Morgan fingerprint density at radius 1 is 1.43 bits per heavy atom. The summed E-state index contributed by atoms with van der Waals surface area (Å²) in [5.41, 5.74) is 6.62. The van der Waals surface area contributed by atoms with Crippen LogP contribution in [-0.2, 0) is 4.79 Å². The number of carbonyl (C=O) groups is 1. The lowest BCUT2D eigenvalue weighted by atomic mass is 10.1. The molecule has 4 nitrogen and oxygen atoms in total. The summed E-state index contributed by atoms with van der Waals surface area (Å²) in [5.74, 6) is 0. The van der Waals surface area contributed by atoms with Crippen molar-refractivity contribution in [3.05, 3.63) is 45.8 Å². The highest BCUT2D eigenvalue weighted by atomic mass is 32.1. The Morgan fingerprint density at radius 2 is 2.24 bits per heavy atom. The van der Waals surface area contributed by atoms with Gasteiger partial charge in [-0.15, -0.1) is 11.3 Å². The second-order valence-electron chi connectivity index (χ2n) is 5.41. The zero-order chi connectivity index (χ0) is 15.0. The monoisotopic (exact) mass is 301 g/mol. The van der Waals surface area contributed by atoms with Crippen molar-refractivity contribution in [3.8, 4) is 0 Å². The van der Waals surface area contributed by atoms with Crippen LogP contribution >= 0.6 is 11.3 Å². The lowest BCUT2D eigenvalue weighted by Crippen LogP contribution is -2.34. The third kappa shape index (κ3) is 2.66. The van der Waals surface area contributed by atoms with Crippen LogP contribution in [0.1, 0.15) is 15.3 Å². The van der Waals surface area contributed by atoms with Crippen LogP contribution in [0, 0.1) is 6.92 Å². The van der Waals surface area contributed by atoms with E-state index in [1.807, 2.05) is 18.1 Å². The third-order valence-electron chi connectivity index (χ3n) is 3.72. The van der Waals surface area contributed by atoms with Gasteiger partial charge in [0.1, 0.15) is 12.3 Å². The van der Waals surface area contributed by atoms with Crippen molar-refractivity contribution in [2.45, 2.75) is 13.0 Å². The number of aryl methyl sites for hydroxylation is 1. The maximum Gasteiger partial charge on any atom is 0.142 e. The van der Waals surface area contributed by atoms with Gasteiger partial charge in [-0.05, 0) is 19.1 Å². The summed E-state index contributed by atoms with van der Waals surface area (Å²) in [6, 6.07) is 1.99. The van der Waals surface area contributed by atoms with Gasteiger partial charge in [0.25, 0.3) is 0 Å². The number of thiophene rings is 1. The second-order valence-corrected chi connectivity index (χ2v) is 6.67. The minimum atomic E-state index is -0.229. The molecule has 110 valence electrons. The number of likely N-dealkylation sites (N-methyl/N-ethyl adjacent to an activating group) is 1. The molecule has 1 atom stereocenters. The fraction of sp³-hybridized carbons (Fsp3) is 0.312. The second kappa shape index (κ2) is 5.50. The lowest BCUT2D eigenvalue weighted by Gasteiger charge is -2.17. The Labute approximate surface area is 129 Å². The SMILES string of the molecule is Cc1sc(C2=CN(C)CC=C2)cc1C1=CC(C=O)NN1C. The molecule has 1 unspecified atom stereocenters.